The molecule has 17 heavy (non-hydrogen) atoms. The highest BCUT2D eigenvalue weighted by Gasteiger charge is 2.36. The summed E-state index contributed by atoms with van der Waals surface area (Å²) < 4.78 is 5.53. The van der Waals surface area contributed by atoms with E-state index in [1.54, 1.807) is 0 Å². The van der Waals surface area contributed by atoms with Crippen LogP contribution in [0.5, 0.6) is 0 Å². The highest BCUT2D eigenvalue weighted by atomic mass is 16.5. The maximum atomic E-state index is 10.8. The van der Waals surface area contributed by atoms with Crippen LogP contribution in [-0.4, -0.2) is 35.0 Å². The Bertz CT molecular complexity index is 265. The summed E-state index contributed by atoms with van der Waals surface area (Å²) in [6, 6.07) is 0. The van der Waals surface area contributed by atoms with Gasteiger partial charge in [0.15, 0.2) is 0 Å². The van der Waals surface area contributed by atoms with Crippen molar-refractivity contribution in [3.63, 3.8) is 0 Å². The van der Waals surface area contributed by atoms with E-state index < -0.39 is 11.6 Å². The number of carboxylic acid groups (broad SMARTS) is 1. The van der Waals surface area contributed by atoms with Gasteiger partial charge >= 0.3 is 5.97 Å². The molecule has 0 amide bonds. The lowest BCUT2D eigenvalue weighted by Crippen LogP contribution is -2.40. The first-order valence-electron chi connectivity index (χ1n) is 6.62. The Hall–Kier alpha value is -0.610. The summed E-state index contributed by atoms with van der Waals surface area (Å²) in [5.74, 6) is -0.157. The molecule has 4 nitrogen and oxygen atoms in total. The van der Waals surface area contributed by atoms with E-state index in [4.69, 9.17) is 9.84 Å². The van der Waals surface area contributed by atoms with Gasteiger partial charge in [0.05, 0.1) is 18.1 Å². The van der Waals surface area contributed by atoms with Crippen molar-refractivity contribution in [3.05, 3.63) is 0 Å². The van der Waals surface area contributed by atoms with Crippen LogP contribution in [-0.2, 0) is 9.53 Å². The highest BCUT2D eigenvalue weighted by molar-refractivity contribution is 5.70. The Morgan fingerprint density at radius 3 is 2.41 bits per heavy atom. The third-order valence-electron chi connectivity index (χ3n) is 4.00. The Morgan fingerprint density at radius 1 is 1.24 bits per heavy atom. The van der Waals surface area contributed by atoms with Gasteiger partial charge in [-0.25, -0.2) is 0 Å². The predicted molar refractivity (Wildman–Crippen MR) is 62.7 cm³/mol. The van der Waals surface area contributed by atoms with Crippen LogP contribution in [0.1, 0.15) is 44.9 Å². The van der Waals surface area contributed by atoms with Crippen molar-refractivity contribution in [2.75, 3.05) is 13.2 Å². The fraction of sp³-hybridized carbons (Fsp3) is 0.923. The van der Waals surface area contributed by atoms with E-state index in [1.165, 1.54) is 12.8 Å². The second-order valence-electron chi connectivity index (χ2n) is 5.62. The van der Waals surface area contributed by atoms with E-state index in [1.807, 2.05) is 0 Å². The van der Waals surface area contributed by atoms with E-state index in [2.05, 4.69) is 0 Å². The molecule has 0 atom stereocenters. The lowest BCUT2D eigenvalue weighted by molar-refractivity contribution is -0.146. The van der Waals surface area contributed by atoms with Crippen molar-refractivity contribution in [1.82, 2.24) is 0 Å². The van der Waals surface area contributed by atoms with E-state index in [9.17, 15) is 9.90 Å². The first-order valence-corrected chi connectivity index (χ1v) is 6.62. The molecule has 0 spiro atoms. The lowest BCUT2D eigenvalue weighted by Gasteiger charge is -2.34. The molecule has 0 aromatic rings. The van der Waals surface area contributed by atoms with Crippen LogP contribution in [0.25, 0.3) is 0 Å². The van der Waals surface area contributed by atoms with E-state index in [0.717, 1.165) is 18.9 Å². The zero-order valence-electron chi connectivity index (χ0n) is 10.2. The number of aliphatic carboxylic acids is 1. The topological polar surface area (TPSA) is 66.8 Å². The fourth-order valence-corrected chi connectivity index (χ4v) is 2.47. The summed E-state index contributed by atoms with van der Waals surface area (Å²) in [4.78, 5) is 10.8. The average molecular weight is 242 g/mol. The van der Waals surface area contributed by atoms with Gasteiger partial charge in [-0.15, -0.1) is 0 Å². The molecule has 0 unspecified atom stereocenters. The molecule has 0 radical (unpaired) electrons. The van der Waals surface area contributed by atoms with Crippen molar-refractivity contribution in [1.29, 1.82) is 0 Å². The summed E-state index contributed by atoms with van der Waals surface area (Å²) in [5.41, 5.74) is -0.782. The summed E-state index contributed by atoms with van der Waals surface area (Å²) >= 11 is 0. The van der Waals surface area contributed by atoms with E-state index >= 15 is 0 Å². The first kappa shape index (κ1) is 12.8. The number of rotatable bonds is 6. The largest absolute Gasteiger partial charge is 0.481 e. The Kier molecular flexibility index (Phi) is 4.05. The smallest absolute Gasteiger partial charge is 0.306 e. The molecule has 0 heterocycles. The molecule has 2 N–H and O–H groups in total. The highest BCUT2D eigenvalue weighted by Crippen LogP contribution is 2.34. The summed E-state index contributed by atoms with van der Waals surface area (Å²) in [7, 11) is 0. The van der Waals surface area contributed by atoms with Crippen LogP contribution in [0.15, 0.2) is 0 Å². The second-order valence-corrected chi connectivity index (χ2v) is 5.62. The zero-order valence-corrected chi connectivity index (χ0v) is 10.2. The van der Waals surface area contributed by atoms with Crippen LogP contribution in [0.3, 0.4) is 0 Å². The van der Waals surface area contributed by atoms with Crippen molar-refractivity contribution >= 4 is 5.97 Å². The molecule has 2 saturated carbocycles. The minimum atomic E-state index is -0.782. The molecule has 2 fully saturated rings. The predicted octanol–water partition coefficient (Wildman–Crippen LogP) is 1.81. The van der Waals surface area contributed by atoms with Gasteiger partial charge in [-0.05, 0) is 38.0 Å². The Labute approximate surface area is 102 Å². The summed E-state index contributed by atoms with van der Waals surface area (Å²) in [6.45, 7) is 1.10. The van der Waals surface area contributed by atoms with Gasteiger partial charge in [-0.3, -0.25) is 4.79 Å². The SMILES string of the molecule is O=C(O)C1CCC(O)(COCCC2CC2)CC1. The number of carbonyl (C=O) groups is 1. The third kappa shape index (κ3) is 3.96. The minimum Gasteiger partial charge on any atom is -0.481 e. The van der Waals surface area contributed by atoms with Gasteiger partial charge in [0.1, 0.15) is 0 Å². The van der Waals surface area contributed by atoms with Gasteiger partial charge < -0.3 is 14.9 Å². The van der Waals surface area contributed by atoms with E-state index in [0.29, 0.717) is 32.3 Å². The summed E-state index contributed by atoms with van der Waals surface area (Å²) in [6.07, 6.45) is 5.99. The molecular formula is C13H22O4. The van der Waals surface area contributed by atoms with Crippen molar-refractivity contribution in [2.24, 2.45) is 11.8 Å². The van der Waals surface area contributed by atoms with Gasteiger partial charge in [0.25, 0.3) is 0 Å². The zero-order chi connectivity index (χ0) is 12.3. The van der Waals surface area contributed by atoms with Gasteiger partial charge in [-0.2, -0.15) is 0 Å². The first-order chi connectivity index (χ1) is 8.09. The molecule has 2 aliphatic carbocycles. The number of hydrogen-bond acceptors (Lipinski definition) is 3. The number of aliphatic hydroxyl groups is 1. The van der Waals surface area contributed by atoms with Crippen LogP contribution in [0.4, 0.5) is 0 Å². The standard InChI is InChI=1S/C13H22O4/c14-12(15)11-3-6-13(16,7-4-11)9-17-8-5-10-1-2-10/h10-11,16H,1-9H2,(H,14,15). The van der Waals surface area contributed by atoms with Crippen LogP contribution in [0, 0.1) is 11.8 Å². The van der Waals surface area contributed by atoms with Crippen molar-refractivity contribution in [3.8, 4) is 0 Å². The van der Waals surface area contributed by atoms with Crippen LogP contribution in [0.2, 0.25) is 0 Å². The molecule has 0 aromatic heterocycles. The van der Waals surface area contributed by atoms with Gasteiger partial charge in [0, 0.05) is 6.61 Å². The monoisotopic (exact) mass is 242 g/mol. The average Bonchev–Trinajstić information content (AvgIpc) is 3.09. The fourth-order valence-electron chi connectivity index (χ4n) is 2.47. The molecule has 98 valence electrons. The van der Waals surface area contributed by atoms with Gasteiger partial charge in [0.2, 0.25) is 0 Å². The van der Waals surface area contributed by atoms with E-state index in [-0.39, 0.29) is 5.92 Å². The van der Waals surface area contributed by atoms with Crippen LogP contribution >= 0.6 is 0 Å². The van der Waals surface area contributed by atoms with Gasteiger partial charge in [-0.1, -0.05) is 12.8 Å². The Morgan fingerprint density at radius 2 is 1.88 bits per heavy atom. The molecule has 0 aliphatic heterocycles. The molecule has 0 saturated heterocycles. The normalized spacial score (nSPS) is 33.6. The quantitative estimate of drug-likeness (QED) is 0.697. The number of carboxylic acids is 1. The maximum Gasteiger partial charge on any atom is 0.306 e. The minimum absolute atomic E-state index is 0.276. The third-order valence-corrected chi connectivity index (χ3v) is 4.00. The second kappa shape index (κ2) is 5.36. The Balaban J connectivity index is 1.63. The van der Waals surface area contributed by atoms with Crippen molar-refractivity contribution < 1.29 is 19.7 Å². The summed E-state index contributed by atoms with van der Waals surface area (Å²) in [5, 5.41) is 19.1. The van der Waals surface area contributed by atoms with Crippen molar-refractivity contribution in [2.45, 2.75) is 50.5 Å². The molecule has 4 heteroatoms. The molecule has 2 rings (SSSR count). The number of hydrogen-bond donors (Lipinski definition) is 2. The molecule has 0 bridgehead atoms. The molecular weight excluding hydrogens is 220 g/mol. The maximum absolute atomic E-state index is 10.8. The molecule has 0 aromatic carbocycles. The molecule has 2 aliphatic rings. The number of ether oxygens (including phenoxy) is 1. The van der Waals surface area contributed by atoms with Crippen LogP contribution < -0.4 is 0 Å². The lowest BCUT2D eigenvalue weighted by atomic mass is 9.79.